The molecule has 3 aromatic rings. The van der Waals surface area contributed by atoms with Crippen LogP contribution in [-0.2, 0) is 13.2 Å². The van der Waals surface area contributed by atoms with E-state index < -0.39 is 11.7 Å². The van der Waals surface area contributed by atoms with Crippen molar-refractivity contribution in [1.82, 2.24) is 29.6 Å². The zero-order valence-corrected chi connectivity index (χ0v) is 19.6. The average molecular weight is 490 g/mol. The Labute approximate surface area is 200 Å². The number of thioether (sulfide) groups is 1. The molecule has 180 valence electrons. The maximum atomic E-state index is 12.9. The van der Waals surface area contributed by atoms with Gasteiger partial charge in [-0.3, -0.25) is 0 Å². The molecule has 0 radical (unpaired) electrons. The van der Waals surface area contributed by atoms with E-state index in [0.29, 0.717) is 12.0 Å². The van der Waals surface area contributed by atoms with Crippen molar-refractivity contribution in [2.75, 3.05) is 36.8 Å². The third-order valence-electron chi connectivity index (χ3n) is 6.65. The van der Waals surface area contributed by atoms with Crippen LogP contribution in [-0.4, -0.2) is 67.6 Å². The Morgan fingerprint density at radius 2 is 1.91 bits per heavy atom. The zero-order chi connectivity index (χ0) is 23.7. The van der Waals surface area contributed by atoms with E-state index in [1.807, 2.05) is 17.7 Å². The minimum absolute atomic E-state index is 0.374. The van der Waals surface area contributed by atoms with Gasteiger partial charge in [-0.25, -0.2) is 9.97 Å². The van der Waals surface area contributed by atoms with Crippen LogP contribution in [0.3, 0.4) is 0 Å². The number of fused-ring (bicyclic) bond motifs is 1. The first-order chi connectivity index (χ1) is 16.4. The van der Waals surface area contributed by atoms with E-state index in [-0.39, 0.29) is 0 Å². The fourth-order valence-corrected chi connectivity index (χ4v) is 5.77. The summed E-state index contributed by atoms with van der Waals surface area (Å²) in [6.07, 6.45) is 1.01. The summed E-state index contributed by atoms with van der Waals surface area (Å²) < 4.78 is 40.6. The van der Waals surface area contributed by atoms with Crippen molar-refractivity contribution in [1.29, 1.82) is 0 Å². The molecule has 2 fully saturated rings. The van der Waals surface area contributed by atoms with Crippen LogP contribution in [0.15, 0.2) is 48.0 Å². The molecule has 7 nitrogen and oxygen atoms in total. The molecule has 4 heterocycles. The van der Waals surface area contributed by atoms with Crippen LogP contribution in [0.25, 0.3) is 11.5 Å². The first-order valence-electron chi connectivity index (χ1n) is 11.3. The number of alkyl halides is 3. The third kappa shape index (κ3) is 4.76. The highest BCUT2D eigenvalue weighted by Gasteiger charge is 2.41. The molecule has 0 aliphatic carbocycles. The molecular formula is C23H26F3N7S. The Kier molecular flexibility index (Phi) is 6.48. The van der Waals surface area contributed by atoms with Gasteiger partial charge >= 0.3 is 6.18 Å². The smallest absolute Gasteiger partial charge is 0.367 e. The van der Waals surface area contributed by atoms with Gasteiger partial charge < -0.3 is 14.4 Å². The minimum atomic E-state index is -4.29. The van der Waals surface area contributed by atoms with Gasteiger partial charge in [-0.15, -0.1) is 10.2 Å². The predicted octanol–water partition coefficient (Wildman–Crippen LogP) is 3.98. The highest BCUT2D eigenvalue weighted by Crippen LogP contribution is 2.37. The molecule has 1 aromatic carbocycles. The summed E-state index contributed by atoms with van der Waals surface area (Å²) in [6.45, 7) is 3.91. The molecule has 34 heavy (non-hydrogen) atoms. The molecule has 1 unspecified atom stereocenters. The number of nitrogens with zero attached hydrogens (tertiary/aromatic N) is 7. The number of benzene rings is 1. The molecule has 0 bridgehead atoms. The van der Waals surface area contributed by atoms with Gasteiger partial charge in [0.05, 0.1) is 5.56 Å². The van der Waals surface area contributed by atoms with Crippen molar-refractivity contribution < 1.29 is 13.2 Å². The van der Waals surface area contributed by atoms with Crippen molar-refractivity contribution in [3.63, 3.8) is 0 Å². The van der Waals surface area contributed by atoms with Gasteiger partial charge in [0.15, 0.2) is 11.0 Å². The summed E-state index contributed by atoms with van der Waals surface area (Å²) in [6, 6.07) is 7.79. The van der Waals surface area contributed by atoms with Crippen molar-refractivity contribution >= 4 is 17.4 Å². The zero-order valence-electron chi connectivity index (χ0n) is 18.8. The van der Waals surface area contributed by atoms with E-state index in [9.17, 15) is 13.2 Å². The molecule has 5 rings (SSSR count). The summed E-state index contributed by atoms with van der Waals surface area (Å²) in [7, 11) is 1.94. The molecular weight excluding hydrogens is 463 g/mol. The standard InChI is InChI=1S/C23H26F3N7S/c1-31-21(19-7-9-27-15-28-19)29-30-22(31)34-12-2-10-32-13-16-8-11-33(20(16)14-32)18-5-3-17(4-6-18)23(24,25)26/h3-7,9,15-16,20H,2,8,10-14H2,1H3/t16-,20?/m1/s1. The van der Waals surface area contributed by atoms with Crippen LogP contribution in [0, 0.1) is 5.92 Å². The molecule has 2 aliphatic heterocycles. The lowest BCUT2D eigenvalue weighted by atomic mass is 10.0. The minimum Gasteiger partial charge on any atom is -0.367 e. The Hall–Kier alpha value is -2.66. The molecule has 0 spiro atoms. The molecule has 11 heteroatoms. The van der Waals surface area contributed by atoms with Crippen LogP contribution >= 0.6 is 11.8 Å². The molecule has 2 atom stereocenters. The molecule has 2 aliphatic rings. The third-order valence-corrected chi connectivity index (χ3v) is 7.75. The van der Waals surface area contributed by atoms with Crippen LogP contribution < -0.4 is 4.90 Å². The quantitative estimate of drug-likeness (QED) is 0.367. The van der Waals surface area contributed by atoms with Crippen molar-refractivity contribution in [2.45, 2.75) is 30.2 Å². The fraction of sp³-hybridized carbons (Fsp3) is 0.478. The van der Waals surface area contributed by atoms with E-state index in [1.54, 1.807) is 30.1 Å². The SMILES string of the molecule is Cn1c(SCCCN2CC3[C@H](CCN3c3ccc(C(F)(F)F)cc3)C2)nnc1-c1ccncn1. The Balaban J connectivity index is 1.11. The maximum Gasteiger partial charge on any atom is 0.416 e. The number of rotatable bonds is 7. The largest absolute Gasteiger partial charge is 0.416 e. The first kappa shape index (κ1) is 23.1. The van der Waals surface area contributed by atoms with Gasteiger partial charge in [-0.05, 0) is 55.6 Å². The number of aromatic nitrogens is 5. The van der Waals surface area contributed by atoms with Gasteiger partial charge in [-0.2, -0.15) is 13.2 Å². The van der Waals surface area contributed by atoms with Crippen molar-refractivity contribution in [3.8, 4) is 11.5 Å². The van der Waals surface area contributed by atoms with E-state index >= 15 is 0 Å². The van der Waals surface area contributed by atoms with Gasteiger partial charge in [0.25, 0.3) is 0 Å². The van der Waals surface area contributed by atoms with E-state index in [1.165, 1.54) is 18.5 Å². The normalized spacial score (nSPS) is 20.8. The Morgan fingerprint density at radius 1 is 1.09 bits per heavy atom. The number of hydrogen-bond donors (Lipinski definition) is 0. The summed E-state index contributed by atoms with van der Waals surface area (Å²) in [5.41, 5.74) is 1.04. The van der Waals surface area contributed by atoms with Gasteiger partial charge in [-0.1, -0.05) is 11.8 Å². The Bertz CT molecular complexity index is 1100. The predicted molar refractivity (Wildman–Crippen MR) is 124 cm³/mol. The number of halogens is 3. The van der Waals surface area contributed by atoms with Gasteiger partial charge in [0.2, 0.25) is 0 Å². The molecule has 0 N–H and O–H groups in total. The van der Waals surface area contributed by atoms with E-state index in [0.717, 1.165) is 67.1 Å². The number of hydrogen-bond acceptors (Lipinski definition) is 7. The average Bonchev–Trinajstić information content (AvgIpc) is 3.51. The highest BCUT2D eigenvalue weighted by molar-refractivity contribution is 7.99. The number of likely N-dealkylation sites (tertiary alicyclic amines) is 1. The van der Waals surface area contributed by atoms with Crippen LogP contribution in [0.5, 0.6) is 0 Å². The molecule has 2 saturated heterocycles. The highest BCUT2D eigenvalue weighted by atomic mass is 32.2. The second-order valence-electron chi connectivity index (χ2n) is 8.78. The van der Waals surface area contributed by atoms with Crippen LogP contribution in [0.1, 0.15) is 18.4 Å². The summed E-state index contributed by atoms with van der Waals surface area (Å²) >= 11 is 1.68. The lowest BCUT2D eigenvalue weighted by molar-refractivity contribution is -0.137. The fourth-order valence-electron chi connectivity index (χ4n) is 4.93. The van der Waals surface area contributed by atoms with Crippen LogP contribution in [0.2, 0.25) is 0 Å². The van der Waals surface area contributed by atoms with Gasteiger partial charge in [0.1, 0.15) is 12.0 Å². The Morgan fingerprint density at radius 3 is 2.65 bits per heavy atom. The van der Waals surface area contributed by atoms with Crippen molar-refractivity contribution in [2.24, 2.45) is 13.0 Å². The summed E-state index contributed by atoms with van der Waals surface area (Å²) in [4.78, 5) is 12.9. The van der Waals surface area contributed by atoms with E-state index in [2.05, 4.69) is 30.0 Å². The topological polar surface area (TPSA) is 63.0 Å². The maximum absolute atomic E-state index is 12.9. The first-order valence-corrected chi connectivity index (χ1v) is 12.3. The molecule has 0 saturated carbocycles. The monoisotopic (exact) mass is 489 g/mol. The van der Waals surface area contributed by atoms with Crippen molar-refractivity contribution in [3.05, 3.63) is 48.4 Å². The summed E-state index contributed by atoms with van der Waals surface area (Å²) in [5, 5.41) is 9.42. The van der Waals surface area contributed by atoms with E-state index in [4.69, 9.17) is 0 Å². The lowest BCUT2D eigenvalue weighted by Crippen LogP contribution is -2.35. The van der Waals surface area contributed by atoms with Crippen LogP contribution in [0.4, 0.5) is 18.9 Å². The molecule has 0 amide bonds. The molecule has 2 aromatic heterocycles. The second kappa shape index (κ2) is 9.53. The number of anilines is 1. The van der Waals surface area contributed by atoms with Gasteiger partial charge in [0, 0.05) is 50.4 Å². The summed E-state index contributed by atoms with van der Waals surface area (Å²) in [5.74, 6) is 2.23. The lowest BCUT2D eigenvalue weighted by Gasteiger charge is -2.27. The second-order valence-corrected chi connectivity index (χ2v) is 9.84.